The predicted molar refractivity (Wildman–Crippen MR) is 119 cm³/mol. The normalized spacial score (nSPS) is 15.5. The fourth-order valence-electron chi connectivity index (χ4n) is 3.61. The van der Waals surface area contributed by atoms with Gasteiger partial charge in [0.05, 0.1) is 11.5 Å². The van der Waals surface area contributed by atoms with E-state index < -0.39 is 10.0 Å². The molecular formula is C23H30N2O5S. The Labute approximate surface area is 184 Å². The zero-order valence-corrected chi connectivity index (χ0v) is 19.7. The second-order valence-corrected chi connectivity index (χ2v) is 10.1. The first kappa shape index (κ1) is 23.1. The summed E-state index contributed by atoms with van der Waals surface area (Å²) in [5, 5.41) is 2.89. The van der Waals surface area contributed by atoms with Crippen LogP contribution in [0.2, 0.25) is 0 Å². The number of hydrogen-bond acceptors (Lipinski definition) is 5. The highest BCUT2D eigenvalue weighted by atomic mass is 32.2. The van der Waals surface area contributed by atoms with E-state index in [0.29, 0.717) is 17.7 Å². The third kappa shape index (κ3) is 4.70. The number of ether oxygens (including phenoxy) is 2. The van der Waals surface area contributed by atoms with Gasteiger partial charge in [0.1, 0.15) is 17.6 Å². The maximum absolute atomic E-state index is 12.9. The van der Waals surface area contributed by atoms with Crippen molar-refractivity contribution in [3.05, 3.63) is 52.1 Å². The van der Waals surface area contributed by atoms with Crippen LogP contribution in [0.25, 0.3) is 0 Å². The number of amides is 1. The fourth-order valence-corrected chi connectivity index (χ4v) is 4.83. The van der Waals surface area contributed by atoms with Gasteiger partial charge < -0.3 is 14.8 Å². The Morgan fingerprint density at radius 2 is 1.94 bits per heavy atom. The highest BCUT2D eigenvalue weighted by Crippen LogP contribution is 2.35. The molecule has 0 saturated heterocycles. The molecule has 1 aliphatic rings. The molecule has 1 N–H and O–H groups in total. The van der Waals surface area contributed by atoms with Gasteiger partial charge in [0.15, 0.2) is 0 Å². The molecule has 0 radical (unpaired) electrons. The maximum atomic E-state index is 12.9. The molecule has 1 amide bonds. The molecule has 0 fully saturated rings. The number of carbonyl (C=O) groups excluding carboxylic acids is 1. The summed E-state index contributed by atoms with van der Waals surface area (Å²) in [4.78, 5) is 13.0. The molecule has 0 aliphatic carbocycles. The first-order chi connectivity index (χ1) is 14.5. The van der Waals surface area contributed by atoms with Crippen LogP contribution in [-0.4, -0.2) is 45.4 Å². The monoisotopic (exact) mass is 446 g/mol. The van der Waals surface area contributed by atoms with Gasteiger partial charge in [-0.2, -0.15) is 0 Å². The number of carbonyl (C=O) groups is 1. The summed E-state index contributed by atoms with van der Waals surface area (Å²) in [5.74, 6) is 1.18. The Balaban J connectivity index is 1.87. The highest BCUT2D eigenvalue weighted by molar-refractivity contribution is 7.89. The van der Waals surface area contributed by atoms with Gasteiger partial charge in [0.2, 0.25) is 10.0 Å². The zero-order chi connectivity index (χ0) is 22.9. The number of nitrogens with zero attached hydrogens (tertiary/aromatic N) is 1. The molecule has 1 aliphatic heterocycles. The Hall–Kier alpha value is -2.58. The van der Waals surface area contributed by atoms with Crippen molar-refractivity contribution in [2.24, 2.45) is 0 Å². The molecule has 31 heavy (non-hydrogen) atoms. The topological polar surface area (TPSA) is 84.9 Å². The number of aryl methyl sites for hydroxylation is 1. The number of nitrogens with one attached hydrogen (secondary N) is 1. The molecule has 1 atom stereocenters. The fraction of sp³-hybridized carbons (Fsp3) is 0.435. The summed E-state index contributed by atoms with van der Waals surface area (Å²) < 4.78 is 38.1. The molecule has 0 spiro atoms. The van der Waals surface area contributed by atoms with Crippen LogP contribution >= 0.6 is 0 Å². The molecule has 0 bridgehead atoms. The van der Waals surface area contributed by atoms with Crippen molar-refractivity contribution < 1.29 is 22.7 Å². The molecule has 0 aromatic heterocycles. The van der Waals surface area contributed by atoms with E-state index in [2.05, 4.69) is 5.32 Å². The Morgan fingerprint density at radius 3 is 2.58 bits per heavy atom. The molecule has 7 nitrogen and oxygen atoms in total. The largest absolute Gasteiger partial charge is 0.494 e. The molecular weight excluding hydrogens is 416 g/mol. The molecule has 2 aromatic rings. The first-order valence-corrected chi connectivity index (χ1v) is 11.8. The Bertz CT molecular complexity index is 1110. The van der Waals surface area contributed by atoms with Gasteiger partial charge in [-0.3, -0.25) is 4.79 Å². The third-order valence-corrected chi connectivity index (χ3v) is 7.40. The number of benzene rings is 2. The van der Waals surface area contributed by atoms with Gasteiger partial charge in [-0.15, -0.1) is 0 Å². The number of sulfonamides is 1. The SMILES string of the molecule is CCOc1cc2c(cc1CNC(=O)c1cc(C)c(C)c(S(=O)(=O)N(C)C)c1)OC(C)C2. The average molecular weight is 447 g/mol. The van der Waals surface area contributed by atoms with Crippen LogP contribution in [0.5, 0.6) is 11.5 Å². The summed E-state index contributed by atoms with van der Waals surface area (Å²) in [6.45, 7) is 8.22. The van der Waals surface area contributed by atoms with Crippen LogP contribution < -0.4 is 14.8 Å². The minimum Gasteiger partial charge on any atom is -0.494 e. The van der Waals surface area contributed by atoms with Crippen molar-refractivity contribution in [3.8, 4) is 11.5 Å². The van der Waals surface area contributed by atoms with E-state index in [1.165, 1.54) is 20.2 Å². The lowest BCUT2D eigenvalue weighted by Gasteiger charge is -2.17. The first-order valence-electron chi connectivity index (χ1n) is 10.3. The summed E-state index contributed by atoms with van der Waals surface area (Å²) in [5.41, 5.74) is 3.58. The van der Waals surface area contributed by atoms with E-state index in [-0.39, 0.29) is 23.5 Å². The molecule has 0 saturated carbocycles. The van der Waals surface area contributed by atoms with Crippen LogP contribution in [-0.2, 0) is 23.0 Å². The standard InChI is InChI=1S/C23H30N2O5S/c1-7-29-20-10-17-9-15(3)30-21(17)11-19(20)13-24-23(26)18-8-14(2)16(4)22(12-18)31(27,28)25(5)6/h8,10-12,15H,7,9,13H2,1-6H3,(H,24,26). The Morgan fingerprint density at radius 1 is 1.23 bits per heavy atom. The smallest absolute Gasteiger partial charge is 0.251 e. The third-order valence-electron chi connectivity index (χ3n) is 5.46. The maximum Gasteiger partial charge on any atom is 0.251 e. The molecule has 1 unspecified atom stereocenters. The summed E-state index contributed by atoms with van der Waals surface area (Å²) >= 11 is 0. The van der Waals surface area contributed by atoms with Crippen LogP contribution in [0, 0.1) is 13.8 Å². The van der Waals surface area contributed by atoms with E-state index in [4.69, 9.17) is 9.47 Å². The highest BCUT2D eigenvalue weighted by Gasteiger charge is 2.24. The Kier molecular flexibility index (Phi) is 6.62. The van der Waals surface area contributed by atoms with Gasteiger partial charge in [-0.05, 0) is 63.1 Å². The van der Waals surface area contributed by atoms with Crippen molar-refractivity contribution in [2.75, 3.05) is 20.7 Å². The minimum absolute atomic E-state index is 0.113. The van der Waals surface area contributed by atoms with E-state index in [1.807, 2.05) is 26.0 Å². The van der Waals surface area contributed by atoms with Crippen LogP contribution in [0.1, 0.15) is 46.5 Å². The minimum atomic E-state index is -3.66. The van der Waals surface area contributed by atoms with Gasteiger partial charge in [-0.1, -0.05) is 0 Å². The average Bonchev–Trinajstić information content (AvgIpc) is 3.06. The molecule has 1 heterocycles. The predicted octanol–water partition coefficient (Wildman–Crippen LogP) is 3.21. The van der Waals surface area contributed by atoms with Crippen molar-refractivity contribution in [1.82, 2.24) is 9.62 Å². The van der Waals surface area contributed by atoms with E-state index in [0.717, 1.165) is 38.9 Å². The van der Waals surface area contributed by atoms with Crippen molar-refractivity contribution in [3.63, 3.8) is 0 Å². The number of rotatable bonds is 7. The lowest BCUT2D eigenvalue weighted by atomic mass is 10.0. The zero-order valence-electron chi connectivity index (χ0n) is 18.9. The molecule has 3 rings (SSSR count). The number of hydrogen-bond donors (Lipinski definition) is 1. The van der Waals surface area contributed by atoms with Crippen molar-refractivity contribution >= 4 is 15.9 Å². The van der Waals surface area contributed by atoms with E-state index in [1.54, 1.807) is 19.9 Å². The van der Waals surface area contributed by atoms with Gasteiger partial charge in [0, 0.05) is 43.8 Å². The number of fused-ring (bicyclic) bond motifs is 1. The van der Waals surface area contributed by atoms with Crippen LogP contribution in [0.3, 0.4) is 0 Å². The summed E-state index contributed by atoms with van der Waals surface area (Å²) in [7, 11) is -0.712. The van der Waals surface area contributed by atoms with Crippen molar-refractivity contribution in [2.45, 2.75) is 51.7 Å². The van der Waals surface area contributed by atoms with Crippen LogP contribution in [0.4, 0.5) is 0 Å². The second kappa shape index (κ2) is 8.88. The molecule has 2 aromatic carbocycles. The van der Waals surface area contributed by atoms with E-state index >= 15 is 0 Å². The summed E-state index contributed by atoms with van der Waals surface area (Å²) in [6.07, 6.45) is 0.940. The van der Waals surface area contributed by atoms with E-state index in [9.17, 15) is 13.2 Å². The molecule has 168 valence electrons. The quantitative estimate of drug-likeness (QED) is 0.706. The van der Waals surface area contributed by atoms with Gasteiger partial charge in [-0.25, -0.2) is 12.7 Å². The van der Waals surface area contributed by atoms with Crippen LogP contribution in [0.15, 0.2) is 29.2 Å². The summed E-state index contributed by atoms with van der Waals surface area (Å²) in [6, 6.07) is 7.02. The lowest BCUT2D eigenvalue weighted by Crippen LogP contribution is -2.26. The van der Waals surface area contributed by atoms with Gasteiger partial charge in [0.25, 0.3) is 5.91 Å². The van der Waals surface area contributed by atoms with Gasteiger partial charge >= 0.3 is 0 Å². The second-order valence-electron chi connectivity index (χ2n) is 8.02. The van der Waals surface area contributed by atoms with Crippen molar-refractivity contribution in [1.29, 1.82) is 0 Å². The molecule has 8 heteroatoms. The lowest BCUT2D eigenvalue weighted by molar-refractivity contribution is 0.0950.